The molecule has 0 amide bonds. The van der Waals surface area contributed by atoms with E-state index < -0.39 is 24.0 Å². The SMILES string of the molecule is Cn1c(=O)c2c(nc(Nc3ccccc3)n2CC(O)CO)n(C)c1=O. The molecule has 0 aliphatic rings. The van der Waals surface area contributed by atoms with Crippen molar-refractivity contribution >= 4 is 22.8 Å². The van der Waals surface area contributed by atoms with Crippen molar-refractivity contribution in [2.75, 3.05) is 11.9 Å². The average molecular weight is 345 g/mol. The molecule has 9 heteroatoms. The van der Waals surface area contributed by atoms with Crippen LogP contribution >= 0.6 is 0 Å². The molecule has 132 valence electrons. The Balaban J connectivity index is 2.26. The largest absolute Gasteiger partial charge is 0.394 e. The molecule has 2 aromatic heterocycles. The van der Waals surface area contributed by atoms with Gasteiger partial charge in [0.1, 0.15) is 0 Å². The first-order valence-electron chi connectivity index (χ1n) is 7.71. The van der Waals surface area contributed by atoms with Gasteiger partial charge in [-0.2, -0.15) is 4.98 Å². The molecule has 1 aromatic carbocycles. The first-order valence-corrected chi connectivity index (χ1v) is 7.71. The Kier molecular flexibility index (Phi) is 4.43. The summed E-state index contributed by atoms with van der Waals surface area (Å²) in [4.78, 5) is 29.1. The first-order chi connectivity index (χ1) is 11.9. The van der Waals surface area contributed by atoms with Crippen molar-refractivity contribution in [2.24, 2.45) is 14.1 Å². The topological polar surface area (TPSA) is 114 Å². The molecule has 0 fully saturated rings. The zero-order chi connectivity index (χ0) is 18.1. The van der Waals surface area contributed by atoms with E-state index in [0.29, 0.717) is 5.95 Å². The fraction of sp³-hybridized carbons (Fsp3) is 0.312. The van der Waals surface area contributed by atoms with Gasteiger partial charge in [0.2, 0.25) is 5.95 Å². The van der Waals surface area contributed by atoms with Crippen LogP contribution in [0.15, 0.2) is 39.9 Å². The Labute approximate surface area is 142 Å². The monoisotopic (exact) mass is 345 g/mol. The summed E-state index contributed by atoms with van der Waals surface area (Å²) in [7, 11) is 2.91. The minimum Gasteiger partial charge on any atom is -0.394 e. The summed E-state index contributed by atoms with van der Waals surface area (Å²) in [5.41, 5.74) is 0.111. The molecule has 3 aromatic rings. The van der Waals surface area contributed by atoms with Crippen molar-refractivity contribution in [3.63, 3.8) is 0 Å². The molecule has 0 bridgehead atoms. The van der Waals surface area contributed by atoms with Gasteiger partial charge in [-0.3, -0.25) is 13.9 Å². The highest BCUT2D eigenvalue weighted by Gasteiger charge is 2.20. The maximum Gasteiger partial charge on any atom is 0.332 e. The van der Waals surface area contributed by atoms with Crippen LogP contribution < -0.4 is 16.6 Å². The van der Waals surface area contributed by atoms with Crippen LogP contribution in [0.25, 0.3) is 11.2 Å². The van der Waals surface area contributed by atoms with Gasteiger partial charge >= 0.3 is 5.69 Å². The first kappa shape index (κ1) is 16.9. The van der Waals surface area contributed by atoms with Crippen molar-refractivity contribution in [2.45, 2.75) is 12.6 Å². The van der Waals surface area contributed by atoms with Gasteiger partial charge in [0, 0.05) is 19.8 Å². The lowest BCUT2D eigenvalue weighted by atomic mass is 10.3. The van der Waals surface area contributed by atoms with Gasteiger partial charge in [0.15, 0.2) is 11.2 Å². The van der Waals surface area contributed by atoms with Gasteiger partial charge in [-0.1, -0.05) is 18.2 Å². The minimum absolute atomic E-state index is 0.0460. The minimum atomic E-state index is -1.07. The highest BCUT2D eigenvalue weighted by Crippen LogP contribution is 2.20. The van der Waals surface area contributed by atoms with Crippen molar-refractivity contribution in [1.29, 1.82) is 0 Å². The number of nitrogens with zero attached hydrogens (tertiary/aromatic N) is 4. The van der Waals surface area contributed by atoms with E-state index in [1.165, 1.54) is 23.2 Å². The molecule has 0 radical (unpaired) electrons. The predicted octanol–water partition coefficient (Wildman–Crippen LogP) is -0.470. The third-order valence-electron chi connectivity index (χ3n) is 3.98. The van der Waals surface area contributed by atoms with Gasteiger partial charge in [-0.15, -0.1) is 0 Å². The maximum absolute atomic E-state index is 12.6. The van der Waals surface area contributed by atoms with Crippen molar-refractivity contribution in [3.05, 3.63) is 51.2 Å². The molecule has 0 spiro atoms. The lowest BCUT2D eigenvalue weighted by molar-refractivity contribution is 0.0825. The zero-order valence-corrected chi connectivity index (χ0v) is 13.9. The number of hydrogen-bond donors (Lipinski definition) is 3. The van der Waals surface area contributed by atoms with E-state index in [1.54, 1.807) is 0 Å². The summed E-state index contributed by atoms with van der Waals surface area (Å²) < 4.78 is 3.73. The second-order valence-electron chi connectivity index (χ2n) is 5.75. The van der Waals surface area contributed by atoms with Crippen molar-refractivity contribution in [3.8, 4) is 0 Å². The number of fused-ring (bicyclic) bond motifs is 1. The summed E-state index contributed by atoms with van der Waals surface area (Å²) in [5, 5.41) is 22.1. The summed E-state index contributed by atoms with van der Waals surface area (Å²) >= 11 is 0. The van der Waals surface area contributed by atoms with E-state index in [1.807, 2.05) is 30.3 Å². The lowest BCUT2D eigenvalue weighted by Gasteiger charge is -2.13. The Bertz CT molecular complexity index is 1020. The zero-order valence-electron chi connectivity index (χ0n) is 13.9. The predicted molar refractivity (Wildman–Crippen MR) is 93.0 cm³/mol. The van der Waals surface area contributed by atoms with Crippen LogP contribution in [0.5, 0.6) is 0 Å². The van der Waals surface area contributed by atoms with E-state index in [-0.39, 0.29) is 17.7 Å². The number of benzene rings is 1. The van der Waals surface area contributed by atoms with Gasteiger partial charge in [0.25, 0.3) is 5.56 Å². The third kappa shape index (κ3) is 2.94. The maximum atomic E-state index is 12.6. The van der Waals surface area contributed by atoms with E-state index in [4.69, 9.17) is 5.11 Å². The molecule has 1 unspecified atom stereocenters. The van der Waals surface area contributed by atoms with Crippen molar-refractivity contribution in [1.82, 2.24) is 18.7 Å². The molecule has 3 rings (SSSR count). The van der Waals surface area contributed by atoms with Crippen LogP contribution in [0.4, 0.5) is 11.6 Å². The molecular formula is C16H19N5O4. The number of aliphatic hydroxyl groups is 2. The molecule has 0 aliphatic heterocycles. The molecule has 0 saturated carbocycles. The second-order valence-corrected chi connectivity index (χ2v) is 5.75. The van der Waals surface area contributed by atoms with Gasteiger partial charge in [-0.25, -0.2) is 4.79 Å². The van der Waals surface area contributed by atoms with Gasteiger partial charge in [-0.05, 0) is 12.1 Å². The van der Waals surface area contributed by atoms with E-state index in [2.05, 4.69) is 10.3 Å². The van der Waals surface area contributed by atoms with E-state index in [9.17, 15) is 14.7 Å². The number of aryl methyl sites for hydroxylation is 1. The Morgan fingerprint density at radius 2 is 1.84 bits per heavy atom. The molecule has 0 aliphatic carbocycles. The quantitative estimate of drug-likeness (QED) is 0.576. The van der Waals surface area contributed by atoms with Crippen LogP contribution in [0.2, 0.25) is 0 Å². The van der Waals surface area contributed by atoms with Crippen LogP contribution in [0.3, 0.4) is 0 Å². The molecule has 25 heavy (non-hydrogen) atoms. The normalized spacial score (nSPS) is 12.5. The number of aromatic nitrogens is 4. The average Bonchev–Trinajstić information content (AvgIpc) is 2.97. The van der Waals surface area contributed by atoms with Crippen LogP contribution in [-0.2, 0) is 20.6 Å². The fourth-order valence-corrected chi connectivity index (χ4v) is 2.64. The molecule has 9 nitrogen and oxygen atoms in total. The lowest BCUT2D eigenvalue weighted by Crippen LogP contribution is -2.38. The summed E-state index contributed by atoms with van der Waals surface area (Å²) in [5.74, 6) is 0.298. The highest BCUT2D eigenvalue weighted by atomic mass is 16.3. The molecule has 1 atom stereocenters. The van der Waals surface area contributed by atoms with E-state index >= 15 is 0 Å². The second kappa shape index (κ2) is 6.54. The Morgan fingerprint density at radius 3 is 2.48 bits per heavy atom. The summed E-state index contributed by atoms with van der Waals surface area (Å²) in [6, 6.07) is 9.19. The Morgan fingerprint density at radius 1 is 1.16 bits per heavy atom. The number of nitrogens with one attached hydrogen (secondary N) is 1. The van der Waals surface area contributed by atoms with Gasteiger partial charge in [0.05, 0.1) is 19.3 Å². The van der Waals surface area contributed by atoms with Gasteiger partial charge < -0.3 is 20.1 Å². The number of aliphatic hydroxyl groups excluding tert-OH is 2. The van der Waals surface area contributed by atoms with Crippen LogP contribution in [-0.4, -0.2) is 41.6 Å². The number of para-hydroxylation sites is 1. The molecular weight excluding hydrogens is 326 g/mol. The number of rotatable bonds is 5. The van der Waals surface area contributed by atoms with Crippen LogP contribution in [0.1, 0.15) is 0 Å². The van der Waals surface area contributed by atoms with Crippen molar-refractivity contribution < 1.29 is 10.2 Å². The molecule has 3 N–H and O–H groups in total. The summed E-state index contributed by atoms with van der Waals surface area (Å²) in [6.07, 6.45) is -1.07. The third-order valence-corrected chi connectivity index (χ3v) is 3.98. The summed E-state index contributed by atoms with van der Waals surface area (Å²) in [6.45, 7) is -0.508. The number of anilines is 2. The molecule has 2 heterocycles. The Hall–Kier alpha value is -2.91. The smallest absolute Gasteiger partial charge is 0.332 e. The van der Waals surface area contributed by atoms with E-state index in [0.717, 1.165) is 10.3 Å². The molecule has 0 saturated heterocycles. The fourth-order valence-electron chi connectivity index (χ4n) is 2.64. The van der Waals surface area contributed by atoms with Crippen LogP contribution in [0, 0.1) is 0 Å². The number of hydrogen-bond acceptors (Lipinski definition) is 6. The number of imidazole rings is 1. The standard InChI is InChI=1S/C16H19N5O4/c1-19-13-12(14(24)20(2)16(19)25)21(8-11(23)9-22)15(18-13)17-10-6-4-3-5-7-10/h3-7,11,22-23H,8-9H2,1-2H3,(H,17,18). The highest BCUT2D eigenvalue weighted by molar-refractivity contribution is 5.75.